The number of nitrogens with zero attached hydrogens (tertiary/aromatic N) is 2. The lowest BCUT2D eigenvalue weighted by Crippen LogP contribution is -1.94. The minimum Gasteiger partial charge on any atom is -0.478 e. The standard InChI is InChI=1S/C17H17N3O3S2/c1-9-5-4-6-14(10(9)2)18-16-19-20-17(25-16)24-8-12-7-13(15(21)22)11(3)23-12/h4-7H,8H2,1-3H3,(H,18,19)(H,21,22). The molecule has 25 heavy (non-hydrogen) atoms. The third kappa shape index (κ3) is 4.02. The maximum absolute atomic E-state index is 11.0. The second-order valence-corrected chi connectivity index (χ2v) is 7.72. The number of benzene rings is 1. The van der Waals surface area contributed by atoms with E-state index in [9.17, 15) is 4.79 Å². The normalized spacial score (nSPS) is 10.8. The van der Waals surface area contributed by atoms with Crippen molar-refractivity contribution in [2.45, 2.75) is 30.9 Å². The minimum atomic E-state index is -0.978. The average molecular weight is 375 g/mol. The first kappa shape index (κ1) is 17.5. The van der Waals surface area contributed by atoms with Crippen LogP contribution in [0.25, 0.3) is 0 Å². The summed E-state index contributed by atoms with van der Waals surface area (Å²) in [6.07, 6.45) is 0. The van der Waals surface area contributed by atoms with Gasteiger partial charge in [-0.05, 0) is 44.0 Å². The molecule has 0 spiro atoms. The predicted molar refractivity (Wildman–Crippen MR) is 99.1 cm³/mol. The molecule has 0 fully saturated rings. The molecule has 0 radical (unpaired) electrons. The third-order valence-corrected chi connectivity index (χ3v) is 5.78. The van der Waals surface area contributed by atoms with E-state index < -0.39 is 5.97 Å². The minimum absolute atomic E-state index is 0.199. The Kier molecular flexibility index (Phi) is 5.10. The van der Waals surface area contributed by atoms with Crippen molar-refractivity contribution in [3.8, 4) is 0 Å². The zero-order valence-electron chi connectivity index (χ0n) is 14.0. The van der Waals surface area contributed by atoms with Crippen LogP contribution in [0.4, 0.5) is 10.8 Å². The molecular weight excluding hydrogens is 358 g/mol. The molecule has 3 rings (SSSR count). The summed E-state index contributed by atoms with van der Waals surface area (Å²) in [4.78, 5) is 11.0. The quantitative estimate of drug-likeness (QED) is 0.599. The smallest absolute Gasteiger partial charge is 0.339 e. The molecule has 6 nitrogen and oxygen atoms in total. The number of anilines is 2. The van der Waals surface area contributed by atoms with Crippen LogP contribution >= 0.6 is 23.1 Å². The van der Waals surface area contributed by atoms with E-state index in [2.05, 4.69) is 35.4 Å². The summed E-state index contributed by atoms with van der Waals surface area (Å²) in [5, 5.41) is 21.4. The summed E-state index contributed by atoms with van der Waals surface area (Å²) in [6, 6.07) is 7.63. The molecule has 0 unspecified atom stereocenters. The van der Waals surface area contributed by atoms with Crippen molar-refractivity contribution >= 4 is 39.9 Å². The van der Waals surface area contributed by atoms with E-state index in [4.69, 9.17) is 9.52 Å². The van der Waals surface area contributed by atoms with Gasteiger partial charge in [0.25, 0.3) is 0 Å². The fourth-order valence-corrected chi connectivity index (χ4v) is 3.93. The molecule has 2 N–H and O–H groups in total. The number of furan rings is 1. The van der Waals surface area contributed by atoms with Gasteiger partial charge in [0, 0.05) is 5.69 Å². The number of carbonyl (C=O) groups is 1. The van der Waals surface area contributed by atoms with Crippen molar-refractivity contribution in [2.24, 2.45) is 0 Å². The van der Waals surface area contributed by atoms with Crippen LogP contribution in [0.15, 0.2) is 33.0 Å². The molecule has 0 aliphatic rings. The topological polar surface area (TPSA) is 88.2 Å². The van der Waals surface area contributed by atoms with E-state index in [1.807, 2.05) is 12.1 Å². The fraction of sp³-hybridized carbons (Fsp3) is 0.235. The largest absolute Gasteiger partial charge is 0.478 e. The Morgan fingerprint density at radius 2 is 2.12 bits per heavy atom. The summed E-state index contributed by atoms with van der Waals surface area (Å²) in [7, 11) is 0. The average Bonchev–Trinajstić information content (AvgIpc) is 3.16. The number of rotatable bonds is 6. The number of aromatic nitrogens is 2. The Morgan fingerprint density at radius 3 is 2.84 bits per heavy atom. The maximum atomic E-state index is 11.0. The molecule has 0 aliphatic carbocycles. The van der Waals surface area contributed by atoms with E-state index in [-0.39, 0.29) is 5.56 Å². The van der Waals surface area contributed by atoms with Crippen LogP contribution in [0.5, 0.6) is 0 Å². The predicted octanol–water partition coefficient (Wildman–Crippen LogP) is 4.79. The molecule has 1 aromatic carbocycles. The van der Waals surface area contributed by atoms with Crippen molar-refractivity contribution in [3.63, 3.8) is 0 Å². The summed E-state index contributed by atoms with van der Waals surface area (Å²) < 4.78 is 6.26. The van der Waals surface area contributed by atoms with Gasteiger partial charge in [-0.3, -0.25) is 0 Å². The molecule has 0 aliphatic heterocycles. The van der Waals surface area contributed by atoms with Gasteiger partial charge >= 0.3 is 5.97 Å². The highest BCUT2D eigenvalue weighted by molar-refractivity contribution is 8.00. The Labute approximate surface area is 153 Å². The van der Waals surface area contributed by atoms with Crippen molar-refractivity contribution in [1.29, 1.82) is 0 Å². The van der Waals surface area contributed by atoms with Gasteiger partial charge in [0.1, 0.15) is 17.1 Å². The molecule has 2 heterocycles. The summed E-state index contributed by atoms with van der Waals surface area (Å²) in [5.41, 5.74) is 3.61. The lowest BCUT2D eigenvalue weighted by molar-refractivity contribution is 0.0695. The van der Waals surface area contributed by atoms with E-state index in [1.54, 1.807) is 13.0 Å². The van der Waals surface area contributed by atoms with Gasteiger partial charge in [-0.25, -0.2) is 4.79 Å². The van der Waals surface area contributed by atoms with Crippen molar-refractivity contribution < 1.29 is 14.3 Å². The molecule has 8 heteroatoms. The third-order valence-electron chi connectivity index (χ3n) is 3.79. The maximum Gasteiger partial charge on any atom is 0.339 e. The molecule has 0 saturated heterocycles. The molecule has 0 saturated carbocycles. The van der Waals surface area contributed by atoms with Crippen LogP contribution in [0.3, 0.4) is 0 Å². The highest BCUT2D eigenvalue weighted by atomic mass is 32.2. The molecule has 0 atom stereocenters. The van der Waals surface area contributed by atoms with E-state index in [0.717, 1.165) is 15.2 Å². The molecule has 0 amide bonds. The van der Waals surface area contributed by atoms with Gasteiger partial charge in [0.2, 0.25) is 5.13 Å². The Morgan fingerprint density at radius 1 is 1.32 bits per heavy atom. The van der Waals surface area contributed by atoms with Gasteiger partial charge in [0.05, 0.1) is 5.75 Å². The number of hydrogen-bond donors (Lipinski definition) is 2. The fourth-order valence-electron chi connectivity index (χ4n) is 2.28. The molecule has 3 aromatic rings. The monoisotopic (exact) mass is 375 g/mol. The first-order valence-corrected chi connectivity index (χ1v) is 9.36. The lowest BCUT2D eigenvalue weighted by Gasteiger charge is -2.08. The zero-order valence-corrected chi connectivity index (χ0v) is 15.6. The molecule has 2 aromatic heterocycles. The number of thioether (sulfide) groups is 1. The summed E-state index contributed by atoms with van der Waals surface area (Å²) in [5.74, 6) is 0.553. The number of aryl methyl sites for hydroxylation is 2. The molecule has 130 valence electrons. The van der Waals surface area contributed by atoms with Gasteiger partial charge in [-0.1, -0.05) is 35.2 Å². The van der Waals surface area contributed by atoms with Gasteiger partial charge < -0.3 is 14.8 Å². The molecule has 0 bridgehead atoms. The Bertz CT molecular complexity index is 918. The zero-order chi connectivity index (χ0) is 18.0. The first-order valence-electron chi connectivity index (χ1n) is 7.56. The SMILES string of the molecule is Cc1cccc(Nc2nnc(SCc3cc(C(=O)O)c(C)o3)s2)c1C. The van der Waals surface area contributed by atoms with Crippen LogP contribution in [0, 0.1) is 20.8 Å². The summed E-state index contributed by atoms with van der Waals surface area (Å²) >= 11 is 2.91. The second-order valence-electron chi connectivity index (χ2n) is 5.52. The number of nitrogens with one attached hydrogen (secondary N) is 1. The number of hydrogen-bond acceptors (Lipinski definition) is 7. The Balaban J connectivity index is 1.65. The highest BCUT2D eigenvalue weighted by Crippen LogP contribution is 2.31. The second kappa shape index (κ2) is 7.28. The van der Waals surface area contributed by atoms with Crippen LogP contribution in [0.1, 0.15) is 33.0 Å². The van der Waals surface area contributed by atoms with E-state index >= 15 is 0 Å². The molecular formula is C17H17N3O3S2. The van der Waals surface area contributed by atoms with Gasteiger partial charge in [-0.15, -0.1) is 10.2 Å². The van der Waals surface area contributed by atoms with Crippen LogP contribution in [-0.4, -0.2) is 21.3 Å². The Hall–Kier alpha value is -2.32. The number of carboxylic acid groups (broad SMARTS) is 1. The van der Waals surface area contributed by atoms with Gasteiger partial charge in [0.15, 0.2) is 4.34 Å². The van der Waals surface area contributed by atoms with E-state index in [1.165, 1.54) is 34.2 Å². The summed E-state index contributed by atoms with van der Waals surface area (Å²) in [6.45, 7) is 5.78. The number of aromatic carboxylic acids is 1. The van der Waals surface area contributed by atoms with E-state index in [0.29, 0.717) is 17.3 Å². The van der Waals surface area contributed by atoms with Crippen LogP contribution in [-0.2, 0) is 5.75 Å². The van der Waals surface area contributed by atoms with Crippen molar-refractivity contribution in [2.75, 3.05) is 5.32 Å². The highest BCUT2D eigenvalue weighted by Gasteiger charge is 2.15. The van der Waals surface area contributed by atoms with Crippen molar-refractivity contribution in [3.05, 3.63) is 52.5 Å². The van der Waals surface area contributed by atoms with Crippen LogP contribution < -0.4 is 5.32 Å². The van der Waals surface area contributed by atoms with Gasteiger partial charge in [-0.2, -0.15) is 0 Å². The lowest BCUT2D eigenvalue weighted by atomic mass is 10.1. The van der Waals surface area contributed by atoms with Crippen LogP contribution in [0.2, 0.25) is 0 Å². The number of carboxylic acids is 1. The van der Waals surface area contributed by atoms with Crippen molar-refractivity contribution in [1.82, 2.24) is 10.2 Å². The first-order chi connectivity index (χ1) is 11.9.